The average Bonchev–Trinajstić information content (AvgIpc) is 3.00. The maximum Gasteiger partial charge on any atom is 0.170 e. The van der Waals surface area contributed by atoms with Crippen LogP contribution in [0.4, 0.5) is 5.69 Å². The van der Waals surface area contributed by atoms with Crippen molar-refractivity contribution in [1.29, 1.82) is 0 Å². The quantitative estimate of drug-likeness (QED) is 0.460. The molecule has 1 aliphatic rings. The molecule has 0 bridgehead atoms. The summed E-state index contributed by atoms with van der Waals surface area (Å²) in [6, 6.07) is 20.6. The molecule has 0 aromatic heterocycles. The van der Waals surface area contributed by atoms with Crippen molar-refractivity contribution in [3.8, 4) is 0 Å². The summed E-state index contributed by atoms with van der Waals surface area (Å²) in [6.07, 6.45) is 8.26. The summed E-state index contributed by atoms with van der Waals surface area (Å²) in [5.41, 5.74) is 2.92. The van der Waals surface area contributed by atoms with Gasteiger partial charge in [-0.1, -0.05) is 74.7 Å². The molecular weight excluding hydrogens is 318 g/mol. The average molecular weight is 348 g/mol. The van der Waals surface area contributed by atoms with Gasteiger partial charge in [-0.25, -0.2) is 0 Å². The van der Waals surface area contributed by atoms with E-state index >= 15 is 0 Å². The summed E-state index contributed by atoms with van der Waals surface area (Å²) in [5, 5.41) is 0. The minimum Gasteiger partial charge on any atom is -0.351 e. The van der Waals surface area contributed by atoms with E-state index in [0.717, 1.165) is 36.9 Å². The highest BCUT2D eigenvalue weighted by molar-refractivity contribution is 6.06. The van der Waals surface area contributed by atoms with Gasteiger partial charge in [0.15, 0.2) is 5.78 Å². The summed E-state index contributed by atoms with van der Waals surface area (Å²) in [4.78, 5) is 15.6. The van der Waals surface area contributed by atoms with E-state index in [2.05, 4.69) is 48.2 Å². The number of benzene rings is 2. The molecule has 0 radical (unpaired) electrons. The third kappa shape index (κ3) is 3.75. The van der Waals surface area contributed by atoms with Crippen LogP contribution in [0.25, 0.3) is 0 Å². The molecule has 1 fully saturated rings. The molecule has 136 valence electrons. The highest BCUT2D eigenvalue weighted by Crippen LogP contribution is 2.45. The van der Waals surface area contributed by atoms with Crippen molar-refractivity contribution in [2.75, 3.05) is 11.9 Å². The summed E-state index contributed by atoms with van der Waals surface area (Å²) in [6.45, 7) is 2.21. The molecule has 3 rings (SSSR count). The Labute approximate surface area is 157 Å². The van der Waals surface area contributed by atoms with Gasteiger partial charge in [0, 0.05) is 24.5 Å². The fraction of sp³-hybridized carbons (Fsp3) is 0.375. The molecule has 1 saturated carbocycles. The summed E-state index contributed by atoms with van der Waals surface area (Å²) < 4.78 is 0. The maximum absolute atomic E-state index is 13.5. The SMILES string of the molecule is CCCCCC1(c2ccccc2)CC/C(=C\N(C)c2ccccc2)C1=O. The largest absolute Gasteiger partial charge is 0.351 e. The summed E-state index contributed by atoms with van der Waals surface area (Å²) in [5.74, 6) is 0.322. The Balaban J connectivity index is 1.88. The Bertz CT molecular complexity index is 750. The monoisotopic (exact) mass is 347 g/mol. The second kappa shape index (κ2) is 8.35. The Morgan fingerprint density at radius 2 is 1.65 bits per heavy atom. The van der Waals surface area contributed by atoms with Gasteiger partial charge in [0.1, 0.15) is 0 Å². The highest BCUT2D eigenvalue weighted by Gasteiger charge is 2.45. The molecule has 0 saturated heterocycles. The van der Waals surface area contributed by atoms with Crippen molar-refractivity contribution in [3.63, 3.8) is 0 Å². The first-order valence-corrected chi connectivity index (χ1v) is 9.76. The van der Waals surface area contributed by atoms with Crippen molar-refractivity contribution in [2.24, 2.45) is 0 Å². The Hall–Kier alpha value is -2.35. The van der Waals surface area contributed by atoms with Gasteiger partial charge in [-0.05, 0) is 37.0 Å². The molecule has 2 aromatic rings. The van der Waals surface area contributed by atoms with Gasteiger partial charge in [0.25, 0.3) is 0 Å². The number of ketones is 1. The highest BCUT2D eigenvalue weighted by atomic mass is 16.1. The molecule has 1 aliphatic carbocycles. The molecule has 0 spiro atoms. The lowest BCUT2D eigenvalue weighted by atomic mass is 9.74. The van der Waals surface area contributed by atoms with Crippen LogP contribution in [0.5, 0.6) is 0 Å². The fourth-order valence-electron chi connectivity index (χ4n) is 4.07. The van der Waals surface area contributed by atoms with Crippen molar-refractivity contribution in [1.82, 2.24) is 0 Å². The van der Waals surface area contributed by atoms with Crippen molar-refractivity contribution in [2.45, 2.75) is 50.9 Å². The summed E-state index contributed by atoms with van der Waals surface area (Å²) in [7, 11) is 2.02. The van der Waals surface area contributed by atoms with Crippen LogP contribution in [0.1, 0.15) is 51.0 Å². The van der Waals surface area contributed by atoms with E-state index in [4.69, 9.17) is 0 Å². The van der Waals surface area contributed by atoms with Crippen LogP contribution in [-0.2, 0) is 10.2 Å². The molecule has 0 heterocycles. The maximum atomic E-state index is 13.5. The Morgan fingerprint density at radius 3 is 2.31 bits per heavy atom. The first-order valence-electron chi connectivity index (χ1n) is 9.76. The lowest BCUT2D eigenvalue weighted by Crippen LogP contribution is -2.31. The van der Waals surface area contributed by atoms with Crippen molar-refractivity contribution in [3.05, 3.63) is 78.0 Å². The third-order valence-electron chi connectivity index (χ3n) is 5.59. The van der Waals surface area contributed by atoms with E-state index in [9.17, 15) is 4.79 Å². The third-order valence-corrected chi connectivity index (χ3v) is 5.59. The predicted molar refractivity (Wildman–Crippen MR) is 109 cm³/mol. The van der Waals surface area contributed by atoms with Crippen LogP contribution < -0.4 is 4.90 Å². The molecule has 1 atom stereocenters. The number of hydrogen-bond donors (Lipinski definition) is 0. The number of anilines is 1. The molecule has 0 amide bonds. The minimum atomic E-state index is -0.334. The number of hydrogen-bond acceptors (Lipinski definition) is 2. The van der Waals surface area contributed by atoms with Crippen LogP contribution in [0.3, 0.4) is 0 Å². The van der Waals surface area contributed by atoms with Crippen LogP contribution in [0.2, 0.25) is 0 Å². The van der Waals surface area contributed by atoms with E-state index < -0.39 is 0 Å². The van der Waals surface area contributed by atoms with E-state index in [1.165, 1.54) is 18.4 Å². The van der Waals surface area contributed by atoms with Crippen molar-refractivity contribution >= 4 is 11.5 Å². The number of rotatable bonds is 7. The van der Waals surface area contributed by atoms with Crippen LogP contribution in [0, 0.1) is 0 Å². The van der Waals surface area contributed by atoms with Gasteiger partial charge in [0.2, 0.25) is 0 Å². The van der Waals surface area contributed by atoms with Gasteiger partial charge < -0.3 is 4.90 Å². The second-order valence-electron chi connectivity index (χ2n) is 7.34. The second-order valence-corrected chi connectivity index (χ2v) is 7.34. The number of allylic oxidation sites excluding steroid dienone is 1. The molecule has 1 unspecified atom stereocenters. The molecule has 0 N–H and O–H groups in total. The lowest BCUT2D eigenvalue weighted by molar-refractivity contribution is -0.119. The fourth-order valence-corrected chi connectivity index (χ4v) is 4.07. The number of para-hydroxylation sites is 1. The molecule has 2 nitrogen and oxygen atoms in total. The van der Waals surface area contributed by atoms with Gasteiger partial charge in [-0.15, -0.1) is 0 Å². The minimum absolute atomic E-state index is 0.322. The first kappa shape index (κ1) is 18.4. The zero-order valence-electron chi connectivity index (χ0n) is 15.9. The molecule has 26 heavy (non-hydrogen) atoms. The van der Waals surface area contributed by atoms with E-state index in [-0.39, 0.29) is 5.41 Å². The normalized spacial score (nSPS) is 21.3. The predicted octanol–water partition coefficient (Wildman–Crippen LogP) is 5.89. The van der Waals surface area contributed by atoms with Gasteiger partial charge in [0.05, 0.1) is 5.41 Å². The van der Waals surface area contributed by atoms with Crippen LogP contribution in [-0.4, -0.2) is 12.8 Å². The zero-order valence-corrected chi connectivity index (χ0v) is 15.9. The molecular formula is C24H29NO. The van der Waals surface area contributed by atoms with Crippen LogP contribution >= 0.6 is 0 Å². The number of nitrogens with zero attached hydrogens (tertiary/aromatic N) is 1. The zero-order chi connectivity index (χ0) is 18.4. The molecule has 2 aromatic carbocycles. The van der Waals surface area contributed by atoms with E-state index in [1.807, 2.05) is 37.5 Å². The topological polar surface area (TPSA) is 20.3 Å². The number of carbonyl (C=O) groups is 1. The van der Waals surface area contributed by atoms with E-state index in [0.29, 0.717) is 5.78 Å². The lowest BCUT2D eigenvalue weighted by Gasteiger charge is -2.28. The smallest absolute Gasteiger partial charge is 0.170 e. The number of unbranched alkanes of at least 4 members (excludes halogenated alkanes) is 2. The number of carbonyl (C=O) groups excluding carboxylic acids is 1. The van der Waals surface area contributed by atoms with Gasteiger partial charge in [-0.2, -0.15) is 0 Å². The summed E-state index contributed by atoms with van der Waals surface area (Å²) >= 11 is 0. The Morgan fingerprint density at radius 1 is 1.00 bits per heavy atom. The van der Waals surface area contributed by atoms with Crippen LogP contribution in [0.15, 0.2) is 72.4 Å². The van der Waals surface area contributed by atoms with E-state index in [1.54, 1.807) is 0 Å². The first-order chi connectivity index (χ1) is 12.7. The standard InChI is InChI=1S/C24H29NO/c1-3-4-11-17-24(21-12-7-5-8-13-21)18-16-20(23(24)26)19-25(2)22-14-9-6-10-15-22/h5-10,12-15,19H,3-4,11,16-18H2,1-2H3/b20-19+. The van der Waals surface area contributed by atoms with Crippen molar-refractivity contribution < 1.29 is 4.79 Å². The van der Waals surface area contributed by atoms with Gasteiger partial charge >= 0.3 is 0 Å². The Kier molecular flexibility index (Phi) is 5.92. The van der Waals surface area contributed by atoms with Gasteiger partial charge in [-0.3, -0.25) is 4.79 Å². The molecule has 0 aliphatic heterocycles. The number of Topliss-reactive ketones (excluding diaryl/α,β-unsaturated/α-hetero) is 1. The molecule has 2 heteroatoms.